The first-order valence-corrected chi connectivity index (χ1v) is 39.6. The number of carbonyl (C=O) groups is 20. The lowest BCUT2D eigenvalue weighted by molar-refractivity contribution is -0.156. The highest BCUT2D eigenvalue weighted by Gasteiger charge is 2.41. The maximum Gasteiger partial charge on any atom is 0.329 e. The Kier molecular flexibility index (Phi) is 40.9. The van der Waals surface area contributed by atoms with Crippen molar-refractivity contribution in [3.05, 3.63) is 95.7 Å². The van der Waals surface area contributed by atoms with Gasteiger partial charge in [0, 0.05) is 59.8 Å². The Balaban J connectivity index is 1.63. The van der Waals surface area contributed by atoms with Gasteiger partial charge in [-0.3, -0.25) is 91.1 Å². The van der Waals surface area contributed by atoms with Crippen molar-refractivity contribution >= 4 is 141 Å². The number of carbonyl (C=O) groups excluding carboxylic acids is 16. The predicted molar refractivity (Wildman–Crippen MR) is 434 cm³/mol. The molecule has 13 unspecified atom stereocenters. The number of carboxylic acids is 4. The molecule has 1 aliphatic rings. The van der Waals surface area contributed by atoms with Crippen LogP contribution in [0.3, 0.4) is 0 Å². The van der Waals surface area contributed by atoms with Gasteiger partial charge < -0.3 is 127 Å². The number of H-pyrrole nitrogens is 1. The number of nitrogens with two attached hydrogens (primary N) is 3. The zero-order chi connectivity index (χ0) is 91.2. The van der Waals surface area contributed by atoms with E-state index in [0.717, 1.165) is 52.9 Å². The van der Waals surface area contributed by atoms with E-state index in [2.05, 4.69) is 70.4 Å². The van der Waals surface area contributed by atoms with Crippen LogP contribution in [0.1, 0.15) is 152 Å². The second-order valence-electron chi connectivity index (χ2n) is 29.3. The van der Waals surface area contributed by atoms with E-state index in [1.165, 1.54) is 24.3 Å². The fourth-order valence-electron chi connectivity index (χ4n) is 12.8. The number of ether oxygens (including phenoxy) is 1. The molecule has 3 aromatic carbocycles. The number of unbranched alkanes of at least 4 members (excludes halogenated alkanes) is 6. The van der Waals surface area contributed by atoms with Crippen molar-refractivity contribution in [2.45, 2.75) is 216 Å². The third-order valence-electron chi connectivity index (χ3n) is 19.4. The van der Waals surface area contributed by atoms with Crippen LogP contribution in [-0.4, -0.2) is 248 Å². The monoisotopic (exact) mass is 1720 g/mol. The minimum absolute atomic E-state index is 0.0225. The number of aliphatic carboxylic acids is 4. The van der Waals surface area contributed by atoms with Crippen LogP contribution in [0.25, 0.3) is 10.9 Å². The van der Waals surface area contributed by atoms with Crippen molar-refractivity contribution in [1.29, 1.82) is 0 Å². The highest BCUT2D eigenvalue weighted by atomic mass is 16.5. The molecule has 13 atom stereocenters. The number of hydrogen-bond donors (Lipinski definition) is 23. The van der Waals surface area contributed by atoms with E-state index < -0.39 is 255 Å². The van der Waals surface area contributed by atoms with Gasteiger partial charge in [-0.2, -0.15) is 0 Å². The SMILES string of the molecule is CCCCCCCCCC(=O)NC(Cc1c[nH]c2ccccc12)C(=O)NC(CC(N)=O)C(=O)NC(CC(=O)O)C(=O)NC1C(=O)NCC(=O)NC(CCCNCc2ccccc2N)C(=O)NC(CC(=O)O)C(=O)NC(C)C(=O)NC(CC(=O)O)C(=O)NCC(=O)NC(CO)C(=O)NC(C(C)CC(=O)O)C(=O)NC(CC(=O)c2ccccc2N)C(=O)OC1C. The summed E-state index contributed by atoms with van der Waals surface area (Å²) in [4.78, 5) is 279. The molecule has 2 heterocycles. The van der Waals surface area contributed by atoms with E-state index in [1.807, 2.05) is 16.0 Å². The lowest BCUT2D eigenvalue weighted by atomic mass is 9.96. The topological polar surface area (TPSA) is 714 Å². The van der Waals surface area contributed by atoms with E-state index in [4.69, 9.17) is 21.9 Å². The fourth-order valence-corrected chi connectivity index (χ4v) is 12.8. The van der Waals surface area contributed by atoms with Gasteiger partial charge in [-0.25, -0.2) is 4.79 Å². The summed E-state index contributed by atoms with van der Waals surface area (Å²) in [7, 11) is 0. The van der Waals surface area contributed by atoms with E-state index in [1.54, 1.807) is 54.7 Å². The summed E-state index contributed by atoms with van der Waals surface area (Å²) in [5, 5.41) is 82.6. The van der Waals surface area contributed by atoms with Crippen molar-refractivity contribution < 1.29 is 126 Å². The molecule has 0 bridgehead atoms. The molecule has 5 rings (SSSR count). The molecule has 44 nitrogen and oxygen atoms in total. The Morgan fingerprint density at radius 1 is 0.520 bits per heavy atom. The van der Waals surface area contributed by atoms with Crippen LogP contribution >= 0.6 is 0 Å². The molecule has 1 fully saturated rings. The van der Waals surface area contributed by atoms with Crippen molar-refractivity contribution in [3.63, 3.8) is 0 Å². The lowest BCUT2D eigenvalue weighted by Gasteiger charge is -2.30. The molecule has 1 saturated heterocycles. The van der Waals surface area contributed by atoms with Crippen LogP contribution in [-0.2, 0) is 109 Å². The largest absolute Gasteiger partial charge is 0.481 e. The summed E-state index contributed by atoms with van der Waals surface area (Å²) >= 11 is 0. The van der Waals surface area contributed by atoms with Gasteiger partial charge in [-0.1, -0.05) is 101 Å². The number of aromatic nitrogens is 1. The third kappa shape index (κ3) is 34.2. The molecule has 14 amide bonds. The number of cyclic esters (lactones) is 1. The van der Waals surface area contributed by atoms with Crippen LogP contribution in [0.15, 0.2) is 79.0 Å². The van der Waals surface area contributed by atoms with E-state index >= 15 is 0 Å². The van der Waals surface area contributed by atoms with Gasteiger partial charge in [0.15, 0.2) is 5.78 Å². The smallest absolute Gasteiger partial charge is 0.329 e. The second-order valence-corrected chi connectivity index (χ2v) is 29.3. The van der Waals surface area contributed by atoms with E-state index in [9.17, 15) is 121 Å². The van der Waals surface area contributed by atoms with Crippen LogP contribution in [0.5, 0.6) is 0 Å². The molecule has 670 valence electrons. The number of carboxylic acid groups (broad SMARTS) is 4. The number of hydrogen-bond acceptors (Lipinski definition) is 25. The van der Waals surface area contributed by atoms with Gasteiger partial charge in [0.25, 0.3) is 0 Å². The molecule has 123 heavy (non-hydrogen) atoms. The number of nitrogens with one attached hydrogen (secondary N) is 15. The Morgan fingerprint density at radius 2 is 1.07 bits per heavy atom. The molecule has 26 N–H and O–H groups in total. The van der Waals surface area contributed by atoms with Crippen LogP contribution in [0.2, 0.25) is 0 Å². The third-order valence-corrected chi connectivity index (χ3v) is 19.4. The molecular formula is C79H108N18O26. The maximum atomic E-state index is 15.0. The molecule has 44 heteroatoms. The maximum absolute atomic E-state index is 15.0. The minimum Gasteiger partial charge on any atom is -0.481 e. The number of esters is 1. The van der Waals surface area contributed by atoms with Gasteiger partial charge >= 0.3 is 29.8 Å². The minimum atomic E-state index is -2.46. The molecule has 4 aromatic rings. The summed E-state index contributed by atoms with van der Waals surface area (Å²) in [6.07, 6.45) is -2.34. The number of amides is 14. The summed E-state index contributed by atoms with van der Waals surface area (Å²) < 4.78 is 5.73. The molecule has 0 saturated carbocycles. The van der Waals surface area contributed by atoms with Gasteiger partial charge in [-0.15, -0.1) is 0 Å². The van der Waals surface area contributed by atoms with Crippen molar-refractivity contribution in [2.24, 2.45) is 11.7 Å². The first-order chi connectivity index (χ1) is 58.3. The number of benzene rings is 3. The number of nitrogen functional groups attached to an aromatic ring is 2. The summed E-state index contributed by atoms with van der Waals surface area (Å²) in [5.41, 5.74) is 19.6. The number of aromatic amines is 1. The Bertz CT molecular complexity index is 4480. The molecule has 0 aliphatic carbocycles. The molecular weight excluding hydrogens is 1620 g/mol. The zero-order valence-corrected chi connectivity index (χ0v) is 68.1. The number of aliphatic hydroxyl groups excluding tert-OH is 1. The number of rotatable bonds is 38. The quantitative estimate of drug-likeness (QED) is 0.00875. The average Bonchev–Trinajstić information content (AvgIpc) is 1.74. The highest BCUT2D eigenvalue weighted by Crippen LogP contribution is 2.22. The van der Waals surface area contributed by atoms with Crippen LogP contribution in [0, 0.1) is 5.92 Å². The number of fused-ring (bicyclic) bond motifs is 1. The number of primary amides is 1. The van der Waals surface area contributed by atoms with Gasteiger partial charge in [0.2, 0.25) is 82.7 Å². The van der Waals surface area contributed by atoms with Gasteiger partial charge in [-0.05, 0) is 81.0 Å². The van der Waals surface area contributed by atoms with Crippen molar-refractivity contribution in [1.82, 2.24) is 79.4 Å². The average molecular weight is 1730 g/mol. The van der Waals surface area contributed by atoms with Gasteiger partial charge in [0.1, 0.15) is 72.6 Å². The zero-order valence-electron chi connectivity index (χ0n) is 68.1. The lowest BCUT2D eigenvalue weighted by Crippen LogP contribution is -2.62. The fraction of sp³-hybridized carbons (Fsp3) is 0.494. The highest BCUT2D eigenvalue weighted by molar-refractivity contribution is 6.05. The standard InChI is InChI=1S/C79H108N18O26/c1-5-6-7-8-9-10-11-26-60(101)89-51(29-44-36-84-49-24-17-14-20-45(44)49)73(116)92-52(31-59(82)100)74(117)94-55(34-66(110)111)75(118)97-68-42(4)123-79(122)56(30-58(99)46-21-13-16-23-48(46)81)95-78(121)67(40(2)28-63(104)105)96-76(119)57(39-98)90-62(103)37-85-70(113)53(32-64(106)107)91-69(112)41(3)87-72(115)54(33-65(108)109)93-71(114)50(88-61(102)38-86-77(68)120)25-18-27-83-35-43-19-12-15-22-47(43)80/h12-17,19-24,36,40-42,50-57,67-68,83-84,98H,5-11,18,25-35,37-39,80-81H2,1-4H3,(H2,82,100)(H,85,113)(H,86,120)(H,87,115)(H,88,102)(H,89,101)(H,90,103)(H,91,112)(H,92,116)(H,93,114)(H,94,117)(H,95,121)(H,96,119)(H,97,118)(H,104,105)(H,106,107)(H,108,109)(H,110,111). The van der Waals surface area contributed by atoms with E-state index in [0.29, 0.717) is 40.6 Å². The summed E-state index contributed by atoms with van der Waals surface area (Å²) in [6.45, 7) is 1.51. The molecule has 1 aliphatic heterocycles. The van der Waals surface area contributed by atoms with Crippen LogP contribution < -0.4 is 91.6 Å². The molecule has 0 spiro atoms. The number of Topliss-reactive ketones (excluding diaryl/α,β-unsaturated/α-hetero) is 1. The Hall–Kier alpha value is -13.7. The van der Waals surface area contributed by atoms with Gasteiger partial charge in [0.05, 0.1) is 51.8 Å². The first-order valence-electron chi connectivity index (χ1n) is 39.6. The van der Waals surface area contributed by atoms with Crippen molar-refractivity contribution in [2.75, 3.05) is 37.7 Å². The normalized spacial score (nSPS) is 20.5. The molecule has 1 aromatic heterocycles. The first kappa shape index (κ1) is 99.9. The number of para-hydroxylation sites is 3. The predicted octanol–water partition coefficient (Wildman–Crippen LogP) is -4.21. The van der Waals surface area contributed by atoms with Crippen LogP contribution in [0.4, 0.5) is 11.4 Å². The number of ketones is 1. The summed E-state index contributed by atoms with van der Waals surface area (Å²) in [5.74, 6) is -29.8. The molecule has 0 radical (unpaired) electrons. The Morgan fingerprint density at radius 3 is 1.68 bits per heavy atom. The Labute approximate surface area is 704 Å². The second kappa shape index (κ2) is 50.4. The number of aliphatic hydroxyl groups is 1. The van der Waals surface area contributed by atoms with Crippen molar-refractivity contribution in [3.8, 4) is 0 Å². The summed E-state index contributed by atoms with van der Waals surface area (Å²) in [6, 6.07) is -3.95. The number of anilines is 2. The van der Waals surface area contributed by atoms with E-state index in [-0.39, 0.29) is 50.0 Å².